The number of hydrogen-bond donors (Lipinski definition) is 1. The summed E-state index contributed by atoms with van der Waals surface area (Å²) in [5, 5.41) is 18.5. The Bertz CT molecular complexity index is 1050. The van der Waals surface area contributed by atoms with E-state index in [1.54, 1.807) is 31.4 Å². The van der Waals surface area contributed by atoms with E-state index in [0.717, 1.165) is 6.20 Å². The number of nitrogens with zero attached hydrogens (tertiary/aromatic N) is 4. The molecule has 0 aliphatic carbocycles. The topological polar surface area (TPSA) is 134 Å². The lowest BCUT2D eigenvalue weighted by molar-refractivity contribution is -0.385. The zero-order valence-corrected chi connectivity index (χ0v) is 15.6. The summed E-state index contributed by atoms with van der Waals surface area (Å²) in [6.45, 7) is 0.144. The average Bonchev–Trinajstić information content (AvgIpc) is 3.38. The molecule has 0 fully saturated rings. The average molecular weight is 399 g/mol. The van der Waals surface area contributed by atoms with Crippen LogP contribution in [0.2, 0.25) is 0 Å². The highest BCUT2D eigenvalue weighted by Crippen LogP contribution is 2.22. The molecule has 1 N–H and O–H groups in total. The van der Waals surface area contributed by atoms with E-state index in [1.165, 1.54) is 30.3 Å². The molecule has 0 radical (unpaired) electrons. The first-order valence-corrected chi connectivity index (χ1v) is 8.31. The molecule has 3 rings (SSSR count). The fourth-order valence-electron chi connectivity index (χ4n) is 2.43. The van der Waals surface area contributed by atoms with E-state index in [9.17, 15) is 14.9 Å². The van der Waals surface area contributed by atoms with Crippen LogP contribution in [0.15, 0.2) is 52.2 Å². The van der Waals surface area contributed by atoms with Crippen molar-refractivity contribution in [1.82, 2.24) is 15.2 Å². The summed E-state index contributed by atoms with van der Waals surface area (Å²) >= 11 is 0. The molecule has 2 heterocycles. The lowest BCUT2D eigenvalue weighted by atomic mass is 10.2. The van der Waals surface area contributed by atoms with Crippen LogP contribution in [0.4, 0.5) is 5.69 Å². The van der Waals surface area contributed by atoms with Gasteiger partial charge in [-0.2, -0.15) is 10.2 Å². The number of methoxy groups -OCH3 is 2. The van der Waals surface area contributed by atoms with E-state index >= 15 is 0 Å². The van der Waals surface area contributed by atoms with Gasteiger partial charge in [0.05, 0.1) is 31.9 Å². The number of carbonyl (C=O) groups excluding carboxylic acids is 1. The molecule has 150 valence electrons. The molecule has 0 bridgehead atoms. The highest BCUT2D eigenvalue weighted by atomic mass is 16.6. The zero-order chi connectivity index (χ0) is 20.8. The smallest absolute Gasteiger partial charge is 0.307 e. The predicted octanol–water partition coefficient (Wildman–Crippen LogP) is 2.21. The molecule has 1 aromatic carbocycles. The van der Waals surface area contributed by atoms with Gasteiger partial charge >= 0.3 is 11.6 Å². The van der Waals surface area contributed by atoms with Crippen LogP contribution in [0.25, 0.3) is 0 Å². The van der Waals surface area contributed by atoms with Crippen LogP contribution in [0.1, 0.15) is 21.9 Å². The third kappa shape index (κ3) is 4.77. The molecular weight excluding hydrogens is 382 g/mol. The van der Waals surface area contributed by atoms with Crippen LogP contribution in [-0.4, -0.2) is 41.0 Å². The molecule has 11 nitrogen and oxygen atoms in total. The summed E-state index contributed by atoms with van der Waals surface area (Å²) in [5.41, 5.74) is 2.85. The maximum Gasteiger partial charge on any atom is 0.307 e. The predicted molar refractivity (Wildman–Crippen MR) is 101 cm³/mol. The van der Waals surface area contributed by atoms with Gasteiger partial charge in [-0.15, -0.1) is 0 Å². The van der Waals surface area contributed by atoms with Crippen molar-refractivity contribution in [3.05, 3.63) is 69.9 Å². The molecular formula is C18H17N5O6. The number of ether oxygens (including phenoxy) is 2. The molecule has 0 atom stereocenters. The highest BCUT2D eigenvalue weighted by molar-refractivity contribution is 5.92. The van der Waals surface area contributed by atoms with Gasteiger partial charge in [-0.05, 0) is 30.3 Å². The molecule has 3 aromatic rings. The SMILES string of the molecule is COc1ccc(OC)c(/C=N\NC(=O)c2ccc(Cn3cc([N+](=O)[O-])cn3)o2)c1. The molecule has 0 aliphatic heterocycles. The normalized spacial score (nSPS) is 10.8. The van der Waals surface area contributed by atoms with Crippen LogP contribution in [0.3, 0.4) is 0 Å². The first-order chi connectivity index (χ1) is 14.0. The second kappa shape index (κ2) is 8.69. The van der Waals surface area contributed by atoms with Crippen LogP contribution < -0.4 is 14.9 Å². The summed E-state index contributed by atoms with van der Waals surface area (Å²) in [7, 11) is 3.07. The van der Waals surface area contributed by atoms with Crippen molar-refractivity contribution >= 4 is 17.8 Å². The van der Waals surface area contributed by atoms with E-state index in [4.69, 9.17) is 13.9 Å². The maximum absolute atomic E-state index is 12.2. The Balaban J connectivity index is 1.63. The van der Waals surface area contributed by atoms with Crippen LogP contribution in [-0.2, 0) is 6.54 Å². The minimum absolute atomic E-state index is 0.0383. The van der Waals surface area contributed by atoms with E-state index in [-0.39, 0.29) is 18.0 Å². The van der Waals surface area contributed by atoms with Gasteiger partial charge < -0.3 is 13.9 Å². The van der Waals surface area contributed by atoms with Crippen molar-refractivity contribution < 1.29 is 23.6 Å². The Morgan fingerprint density at radius 2 is 2.17 bits per heavy atom. The van der Waals surface area contributed by atoms with Crippen molar-refractivity contribution in [1.29, 1.82) is 0 Å². The van der Waals surface area contributed by atoms with Gasteiger partial charge in [-0.3, -0.25) is 19.6 Å². The Morgan fingerprint density at radius 1 is 1.34 bits per heavy atom. The number of furan rings is 1. The molecule has 0 aliphatic rings. The number of benzene rings is 1. The first-order valence-electron chi connectivity index (χ1n) is 8.31. The van der Waals surface area contributed by atoms with Crippen LogP contribution >= 0.6 is 0 Å². The van der Waals surface area contributed by atoms with E-state index < -0.39 is 10.8 Å². The summed E-state index contributed by atoms with van der Waals surface area (Å²) in [6.07, 6.45) is 3.83. The number of amides is 1. The quantitative estimate of drug-likeness (QED) is 0.349. The van der Waals surface area contributed by atoms with Crippen molar-refractivity contribution in [2.75, 3.05) is 14.2 Å². The van der Waals surface area contributed by atoms with Crippen LogP contribution in [0.5, 0.6) is 11.5 Å². The van der Waals surface area contributed by atoms with Gasteiger partial charge in [0.2, 0.25) is 0 Å². The molecule has 0 saturated heterocycles. The van der Waals surface area contributed by atoms with E-state index in [1.807, 2.05) is 0 Å². The molecule has 0 unspecified atom stereocenters. The minimum Gasteiger partial charge on any atom is -0.497 e. The van der Waals surface area contributed by atoms with Gasteiger partial charge in [-0.25, -0.2) is 5.43 Å². The molecule has 2 aromatic heterocycles. The number of nitrogens with one attached hydrogen (secondary N) is 1. The Morgan fingerprint density at radius 3 is 2.86 bits per heavy atom. The van der Waals surface area contributed by atoms with Gasteiger partial charge in [0.15, 0.2) is 5.76 Å². The fourth-order valence-corrected chi connectivity index (χ4v) is 2.43. The van der Waals surface area contributed by atoms with Gasteiger partial charge in [0, 0.05) is 5.56 Å². The molecule has 11 heteroatoms. The monoisotopic (exact) mass is 399 g/mol. The Labute approximate surface area is 164 Å². The summed E-state index contributed by atoms with van der Waals surface area (Å²) in [6, 6.07) is 8.23. The van der Waals surface area contributed by atoms with Crippen molar-refractivity contribution in [2.45, 2.75) is 6.54 Å². The number of carbonyl (C=O) groups is 1. The molecule has 29 heavy (non-hydrogen) atoms. The summed E-state index contributed by atoms with van der Waals surface area (Å²) in [5.74, 6) is 1.08. The second-order valence-corrected chi connectivity index (χ2v) is 5.73. The van der Waals surface area contributed by atoms with Crippen molar-refractivity contribution in [3.63, 3.8) is 0 Å². The number of rotatable bonds is 8. The largest absolute Gasteiger partial charge is 0.497 e. The molecule has 0 spiro atoms. The van der Waals surface area contributed by atoms with Crippen LogP contribution in [0, 0.1) is 10.1 Å². The number of hydrogen-bond acceptors (Lipinski definition) is 8. The van der Waals surface area contributed by atoms with E-state index in [2.05, 4.69) is 15.6 Å². The number of hydrazone groups is 1. The third-order valence-electron chi connectivity index (χ3n) is 3.84. The fraction of sp³-hybridized carbons (Fsp3) is 0.167. The third-order valence-corrected chi connectivity index (χ3v) is 3.84. The van der Waals surface area contributed by atoms with Gasteiger partial charge in [-0.1, -0.05) is 0 Å². The van der Waals surface area contributed by atoms with Gasteiger partial charge in [0.25, 0.3) is 0 Å². The minimum atomic E-state index is -0.555. The van der Waals surface area contributed by atoms with E-state index in [0.29, 0.717) is 22.8 Å². The zero-order valence-electron chi connectivity index (χ0n) is 15.6. The lowest BCUT2D eigenvalue weighted by Gasteiger charge is -2.06. The summed E-state index contributed by atoms with van der Waals surface area (Å²) in [4.78, 5) is 22.3. The number of aromatic nitrogens is 2. The van der Waals surface area contributed by atoms with Gasteiger partial charge in [0.1, 0.15) is 29.7 Å². The Kier molecular flexibility index (Phi) is 5.88. The first kappa shape index (κ1) is 19.6. The second-order valence-electron chi connectivity index (χ2n) is 5.73. The number of nitro groups is 1. The summed E-state index contributed by atoms with van der Waals surface area (Å²) < 4.78 is 17.2. The maximum atomic E-state index is 12.2. The van der Waals surface area contributed by atoms with Crippen molar-refractivity contribution in [3.8, 4) is 11.5 Å². The van der Waals surface area contributed by atoms with Crippen molar-refractivity contribution in [2.24, 2.45) is 5.10 Å². The molecule has 1 amide bonds. The Hall–Kier alpha value is -4.15. The standard InChI is InChI=1S/C18H17N5O6/c1-27-14-3-5-16(28-2)12(7-14)8-19-21-18(24)17-6-4-15(29-17)11-22-10-13(9-20-22)23(25)26/h3-10H,11H2,1-2H3,(H,21,24)/b19-8-. The molecule has 0 saturated carbocycles. The lowest BCUT2D eigenvalue weighted by Crippen LogP contribution is -2.16. The highest BCUT2D eigenvalue weighted by Gasteiger charge is 2.13.